The SMILES string of the molecule is CCCCCCCCCCCCCCCCCC(=O)NCCC(=O)OC. The lowest BCUT2D eigenvalue weighted by atomic mass is 10.0. The molecule has 0 aromatic heterocycles. The second-order valence-electron chi connectivity index (χ2n) is 7.38. The standard InChI is InChI=1S/C22H43NO3/c1-3-4-5-6-7-8-9-10-11-12-13-14-15-16-17-18-21(24)23-20-19-22(25)26-2/h3-20H2,1-2H3,(H,23,24). The molecule has 0 aliphatic rings. The molecule has 0 rings (SSSR count). The Bertz CT molecular complexity index is 331. The van der Waals surface area contributed by atoms with E-state index in [-0.39, 0.29) is 18.3 Å². The van der Waals surface area contributed by atoms with Gasteiger partial charge in [-0.2, -0.15) is 0 Å². The van der Waals surface area contributed by atoms with Gasteiger partial charge >= 0.3 is 5.97 Å². The van der Waals surface area contributed by atoms with Gasteiger partial charge in [0.25, 0.3) is 0 Å². The van der Waals surface area contributed by atoms with Crippen LogP contribution in [0.3, 0.4) is 0 Å². The Kier molecular flexibility index (Phi) is 19.4. The first-order valence-corrected chi connectivity index (χ1v) is 11.0. The molecule has 0 unspecified atom stereocenters. The molecule has 0 aromatic rings. The highest BCUT2D eigenvalue weighted by Crippen LogP contribution is 2.13. The van der Waals surface area contributed by atoms with Gasteiger partial charge in [-0.25, -0.2) is 0 Å². The van der Waals surface area contributed by atoms with E-state index < -0.39 is 0 Å². The van der Waals surface area contributed by atoms with Crippen molar-refractivity contribution in [2.45, 2.75) is 116 Å². The fourth-order valence-corrected chi connectivity index (χ4v) is 3.15. The van der Waals surface area contributed by atoms with Gasteiger partial charge in [-0.1, -0.05) is 96.8 Å². The number of carbonyl (C=O) groups is 2. The van der Waals surface area contributed by atoms with Gasteiger partial charge in [-0.05, 0) is 6.42 Å². The Hall–Kier alpha value is -1.06. The zero-order valence-corrected chi connectivity index (χ0v) is 17.5. The van der Waals surface area contributed by atoms with E-state index >= 15 is 0 Å². The van der Waals surface area contributed by atoms with Crippen molar-refractivity contribution in [1.29, 1.82) is 0 Å². The monoisotopic (exact) mass is 369 g/mol. The van der Waals surface area contributed by atoms with Crippen LogP contribution in [-0.4, -0.2) is 25.5 Å². The second-order valence-corrected chi connectivity index (χ2v) is 7.38. The van der Waals surface area contributed by atoms with Crippen LogP contribution in [0.25, 0.3) is 0 Å². The quantitative estimate of drug-likeness (QED) is 0.227. The van der Waals surface area contributed by atoms with Crippen molar-refractivity contribution in [3.63, 3.8) is 0 Å². The maximum Gasteiger partial charge on any atom is 0.307 e. The van der Waals surface area contributed by atoms with E-state index in [0.29, 0.717) is 13.0 Å². The van der Waals surface area contributed by atoms with E-state index in [0.717, 1.165) is 12.8 Å². The summed E-state index contributed by atoms with van der Waals surface area (Å²) < 4.78 is 4.53. The third-order valence-electron chi connectivity index (χ3n) is 4.89. The highest BCUT2D eigenvalue weighted by Gasteiger charge is 2.03. The third-order valence-corrected chi connectivity index (χ3v) is 4.89. The molecular weight excluding hydrogens is 326 g/mol. The second kappa shape index (κ2) is 20.3. The van der Waals surface area contributed by atoms with Gasteiger partial charge in [-0.3, -0.25) is 9.59 Å². The van der Waals surface area contributed by atoms with Crippen molar-refractivity contribution in [3.8, 4) is 0 Å². The largest absolute Gasteiger partial charge is 0.469 e. The molecule has 0 saturated carbocycles. The summed E-state index contributed by atoms with van der Waals surface area (Å²) in [5.41, 5.74) is 0. The summed E-state index contributed by atoms with van der Waals surface area (Å²) in [6.07, 6.45) is 20.8. The number of hydrogen-bond donors (Lipinski definition) is 1. The van der Waals surface area contributed by atoms with Gasteiger partial charge in [0.2, 0.25) is 5.91 Å². The van der Waals surface area contributed by atoms with Crippen molar-refractivity contribution in [3.05, 3.63) is 0 Å². The number of nitrogens with one attached hydrogen (secondary N) is 1. The number of rotatable bonds is 19. The molecule has 0 bridgehead atoms. The first kappa shape index (κ1) is 24.9. The maximum absolute atomic E-state index is 11.6. The van der Waals surface area contributed by atoms with Gasteiger partial charge in [0.15, 0.2) is 0 Å². The van der Waals surface area contributed by atoms with Gasteiger partial charge in [0.1, 0.15) is 0 Å². The molecule has 0 saturated heterocycles. The maximum atomic E-state index is 11.6. The minimum atomic E-state index is -0.280. The summed E-state index contributed by atoms with van der Waals surface area (Å²) in [5.74, 6) is -0.235. The average molecular weight is 370 g/mol. The number of unbranched alkanes of at least 4 members (excludes halogenated alkanes) is 14. The predicted octanol–water partition coefficient (Wildman–Crippen LogP) is 5.93. The number of carbonyl (C=O) groups excluding carboxylic acids is 2. The topological polar surface area (TPSA) is 55.4 Å². The Morgan fingerprint density at radius 2 is 1.08 bits per heavy atom. The minimum absolute atomic E-state index is 0.0450. The Morgan fingerprint density at radius 1 is 0.654 bits per heavy atom. The van der Waals surface area contributed by atoms with E-state index in [9.17, 15) is 9.59 Å². The van der Waals surface area contributed by atoms with Crippen LogP contribution in [0.5, 0.6) is 0 Å². The molecule has 26 heavy (non-hydrogen) atoms. The first-order chi connectivity index (χ1) is 12.7. The van der Waals surface area contributed by atoms with Crippen LogP contribution in [0.2, 0.25) is 0 Å². The smallest absolute Gasteiger partial charge is 0.307 e. The summed E-state index contributed by atoms with van der Waals surface area (Å²) in [4.78, 5) is 22.5. The molecule has 1 amide bonds. The van der Waals surface area contributed by atoms with E-state index in [4.69, 9.17) is 0 Å². The lowest BCUT2D eigenvalue weighted by Gasteiger charge is -2.05. The van der Waals surface area contributed by atoms with Crippen molar-refractivity contribution in [1.82, 2.24) is 5.32 Å². The Labute approximate surface area is 161 Å². The molecule has 0 aromatic carbocycles. The molecule has 1 N–H and O–H groups in total. The fourth-order valence-electron chi connectivity index (χ4n) is 3.15. The predicted molar refractivity (Wildman–Crippen MR) is 109 cm³/mol. The van der Waals surface area contributed by atoms with E-state index in [1.165, 1.54) is 90.6 Å². The number of amides is 1. The average Bonchev–Trinajstić information content (AvgIpc) is 2.64. The van der Waals surface area contributed by atoms with Crippen LogP contribution in [0, 0.1) is 0 Å². The summed E-state index contributed by atoms with van der Waals surface area (Å²) in [7, 11) is 1.36. The van der Waals surface area contributed by atoms with Crippen molar-refractivity contribution >= 4 is 11.9 Å². The number of ether oxygens (including phenoxy) is 1. The van der Waals surface area contributed by atoms with E-state index in [1.54, 1.807) is 0 Å². The highest BCUT2D eigenvalue weighted by molar-refractivity contribution is 5.76. The van der Waals surface area contributed by atoms with E-state index in [1.807, 2.05) is 0 Å². The summed E-state index contributed by atoms with van der Waals surface area (Å²) in [6, 6.07) is 0. The van der Waals surface area contributed by atoms with Gasteiger partial charge in [0, 0.05) is 13.0 Å². The van der Waals surface area contributed by atoms with Crippen LogP contribution in [0.4, 0.5) is 0 Å². The number of hydrogen-bond acceptors (Lipinski definition) is 3. The first-order valence-electron chi connectivity index (χ1n) is 11.0. The van der Waals surface area contributed by atoms with Crippen LogP contribution in [0.15, 0.2) is 0 Å². The van der Waals surface area contributed by atoms with E-state index in [2.05, 4.69) is 17.0 Å². The normalized spacial score (nSPS) is 10.7. The lowest BCUT2D eigenvalue weighted by molar-refractivity contribution is -0.140. The zero-order valence-electron chi connectivity index (χ0n) is 17.5. The van der Waals surface area contributed by atoms with Gasteiger partial charge in [0.05, 0.1) is 13.5 Å². The molecule has 0 aliphatic carbocycles. The van der Waals surface area contributed by atoms with Crippen molar-refractivity contribution in [2.24, 2.45) is 0 Å². The molecule has 4 nitrogen and oxygen atoms in total. The van der Waals surface area contributed by atoms with Crippen LogP contribution in [-0.2, 0) is 14.3 Å². The molecule has 0 radical (unpaired) electrons. The molecule has 0 aliphatic heterocycles. The Morgan fingerprint density at radius 3 is 1.50 bits per heavy atom. The van der Waals surface area contributed by atoms with Gasteiger partial charge in [-0.15, -0.1) is 0 Å². The van der Waals surface area contributed by atoms with Crippen LogP contribution in [0.1, 0.15) is 116 Å². The molecule has 0 heterocycles. The zero-order chi connectivity index (χ0) is 19.3. The fraction of sp³-hybridized carbons (Fsp3) is 0.909. The van der Waals surface area contributed by atoms with Crippen molar-refractivity contribution in [2.75, 3.05) is 13.7 Å². The minimum Gasteiger partial charge on any atom is -0.469 e. The molecule has 0 atom stereocenters. The molecule has 4 heteroatoms. The molecule has 0 fully saturated rings. The van der Waals surface area contributed by atoms with Crippen LogP contribution < -0.4 is 5.32 Å². The highest BCUT2D eigenvalue weighted by atomic mass is 16.5. The number of esters is 1. The molecule has 0 spiro atoms. The van der Waals surface area contributed by atoms with Crippen LogP contribution >= 0.6 is 0 Å². The Balaban J connectivity index is 3.15. The molecular formula is C22H43NO3. The summed E-state index contributed by atoms with van der Waals surface area (Å²) >= 11 is 0. The lowest BCUT2D eigenvalue weighted by Crippen LogP contribution is -2.25. The summed E-state index contributed by atoms with van der Waals surface area (Å²) in [5, 5.41) is 2.76. The summed E-state index contributed by atoms with van der Waals surface area (Å²) in [6.45, 7) is 2.65. The third kappa shape index (κ3) is 19.3. The number of methoxy groups -OCH3 is 1. The molecule has 154 valence electrons. The van der Waals surface area contributed by atoms with Gasteiger partial charge < -0.3 is 10.1 Å². The van der Waals surface area contributed by atoms with Crippen molar-refractivity contribution < 1.29 is 14.3 Å².